The van der Waals surface area contributed by atoms with E-state index in [4.69, 9.17) is 0 Å². The molecule has 0 aromatic rings. The summed E-state index contributed by atoms with van der Waals surface area (Å²) in [6.45, 7) is -0.148. The minimum Gasteiger partial charge on any atom is -0.479 e. The SMILES string of the molecule is O=C(CC1CCCCC1)NCC(=O)NC1(C(=O)O)CCSC1. The standard InChI is InChI=1S/C15H24N2O4S/c18-12(8-11-4-2-1-3-5-11)16-9-13(19)17-15(14(20)21)6-7-22-10-15/h11H,1-10H2,(H,16,18)(H,17,19)(H,20,21). The molecule has 1 aliphatic heterocycles. The van der Waals surface area contributed by atoms with Crippen LogP contribution >= 0.6 is 11.8 Å². The third kappa shape index (κ3) is 4.63. The summed E-state index contributed by atoms with van der Waals surface area (Å²) in [6.07, 6.45) is 6.66. The average molecular weight is 328 g/mol. The van der Waals surface area contributed by atoms with Crippen molar-refractivity contribution in [3.63, 3.8) is 0 Å². The Morgan fingerprint density at radius 2 is 1.86 bits per heavy atom. The summed E-state index contributed by atoms with van der Waals surface area (Å²) >= 11 is 1.52. The summed E-state index contributed by atoms with van der Waals surface area (Å²) < 4.78 is 0. The molecule has 1 unspecified atom stereocenters. The molecule has 1 saturated heterocycles. The number of hydrogen-bond donors (Lipinski definition) is 3. The lowest BCUT2D eigenvalue weighted by atomic mass is 9.87. The molecule has 0 aromatic heterocycles. The van der Waals surface area contributed by atoms with Gasteiger partial charge in [0.1, 0.15) is 5.54 Å². The Balaban J connectivity index is 1.72. The number of aliphatic carboxylic acids is 1. The number of carbonyl (C=O) groups excluding carboxylic acids is 2. The average Bonchev–Trinajstić information content (AvgIpc) is 2.96. The Hall–Kier alpha value is -1.24. The van der Waals surface area contributed by atoms with Crippen LogP contribution in [0.25, 0.3) is 0 Å². The number of thioether (sulfide) groups is 1. The van der Waals surface area contributed by atoms with Gasteiger partial charge in [0, 0.05) is 12.2 Å². The van der Waals surface area contributed by atoms with Gasteiger partial charge in [-0.05, 0) is 30.9 Å². The fourth-order valence-electron chi connectivity index (χ4n) is 3.10. The van der Waals surface area contributed by atoms with Crippen LogP contribution in [0.1, 0.15) is 44.9 Å². The van der Waals surface area contributed by atoms with E-state index in [9.17, 15) is 19.5 Å². The molecule has 1 atom stereocenters. The summed E-state index contributed by atoms with van der Waals surface area (Å²) in [5.41, 5.74) is -1.17. The van der Waals surface area contributed by atoms with Crippen LogP contribution in [0, 0.1) is 5.92 Å². The van der Waals surface area contributed by atoms with Crippen LogP contribution in [0.5, 0.6) is 0 Å². The molecule has 3 N–H and O–H groups in total. The van der Waals surface area contributed by atoms with Gasteiger partial charge in [-0.15, -0.1) is 0 Å². The molecule has 0 radical (unpaired) electrons. The molecule has 2 aliphatic rings. The molecule has 1 saturated carbocycles. The molecular weight excluding hydrogens is 304 g/mol. The zero-order valence-electron chi connectivity index (χ0n) is 12.7. The van der Waals surface area contributed by atoms with E-state index in [1.807, 2.05) is 0 Å². The van der Waals surface area contributed by atoms with Gasteiger partial charge in [0.25, 0.3) is 0 Å². The number of nitrogens with one attached hydrogen (secondary N) is 2. The van der Waals surface area contributed by atoms with Gasteiger partial charge in [-0.25, -0.2) is 4.79 Å². The number of carbonyl (C=O) groups is 3. The number of amides is 2. The van der Waals surface area contributed by atoms with Crippen LogP contribution in [0.3, 0.4) is 0 Å². The van der Waals surface area contributed by atoms with Crippen molar-refractivity contribution >= 4 is 29.5 Å². The highest BCUT2D eigenvalue weighted by Crippen LogP contribution is 2.28. The van der Waals surface area contributed by atoms with Gasteiger partial charge >= 0.3 is 5.97 Å². The zero-order valence-corrected chi connectivity index (χ0v) is 13.5. The molecule has 7 heteroatoms. The summed E-state index contributed by atoms with van der Waals surface area (Å²) in [5.74, 6) is -0.0213. The third-order valence-corrected chi connectivity index (χ3v) is 5.64. The van der Waals surface area contributed by atoms with E-state index in [0.717, 1.165) is 18.6 Å². The Morgan fingerprint density at radius 1 is 1.14 bits per heavy atom. The first-order valence-corrected chi connectivity index (χ1v) is 9.06. The van der Waals surface area contributed by atoms with E-state index in [-0.39, 0.29) is 12.5 Å². The van der Waals surface area contributed by atoms with Crippen molar-refractivity contribution in [1.29, 1.82) is 0 Å². The van der Waals surface area contributed by atoms with Crippen molar-refractivity contribution in [1.82, 2.24) is 10.6 Å². The fourth-order valence-corrected chi connectivity index (χ4v) is 4.43. The normalized spacial score (nSPS) is 25.6. The Kier molecular flexibility index (Phi) is 6.11. The van der Waals surface area contributed by atoms with Crippen molar-refractivity contribution in [3.05, 3.63) is 0 Å². The maximum Gasteiger partial charge on any atom is 0.330 e. The maximum atomic E-state index is 11.9. The summed E-state index contributed by atoms with van der Waals surface area (Å²) in [4.78, 5) is 35.1. The minimum atomic E-state index is -1.17. The highest BCUT2D eigenvalue weighted by Gasteiger charge is 2.43. The van der Waals surface area contributed by atoms with Gasteiger partial charge in [0.15, 0.2) is 0 Å². The summed E-state index contributed by atoms with van der Waals surface area (Å²) in [6, 6.07) is 0. The van der Waals surface area contributed by atoms with Crippen LogP contribution in [0.2, 0.25) is 0 Å². The second-order valence-electron chi connectivity index (χ2n) is 6.22. The Morgan fingerprint density at radius 3 is 2.45 bits per heavy atom. The first-order chi connectivity index (χ1) is 10.5. The smallest absolute Gasteiger partial charge is 0.330 e. The largest absolute Gasteiger partial charge is 0.479 e. The molecule has 1 aliphatic carbocycles. The van der Waals surface area contributed by atoms with Crippen LogP contribution < -0.4 is 10.6 Å². The van der Waals surface area contributed by atoms with Crippen LogP contribution in [0.4, 0.5) is 0 Å². The maximum absolute atomic E-state index is 11.9. The van der Waals surface area contributed by atoms with Crippen molar-refractivity contribution < 1.29 is 19.5 Å². The summed E-state index contributed by atoms with van der Waals surface area (Å²) in [5, 5.41) is 14.5. The van der Waals surface area contributed by atoms with E-state index in [1.165, 1.54) is 31.0 Å². The van der Waals surface area contributed by atoms with E-state index < -0.39 is 17.4 Å². The fraction of sp³-hybridized carbons (Fsp3) is 0.800. The van der Waals surface area contributed by atoms with Crippen LogP contribution in [-0.2, 0) is 14.4 Å². The van der Waals surface area contributed by atoms with Gasteiger partial charge in [-0.1, -0.05) is 19.3 Å². The monoisotopic (exact) mass is 328 g/mol. The first kappa shape index (κ1) is 17.1. The predicted octanol–water partition coefficient (Wildman–Crippen LogP) is 1.15. The molecule has 2 fully saturated rings. The first-order valence-electron chi connectivity index (χ1n) is 7.91. The lowest BCUT2D eigenvalue weighted by Crippen LogP contribution is -2.56. The molecule has 0 spiro atoms. The van der Waals surface area contributed by atoms with Crippen LogP contribution in [0.15, 0.2) is 0 Å². The second-order valence-corrected chi connectivity index (χ2v) is 7.33. The summed E-state index contributed by atoms with van der Waals surface area (Å²) in [7, 11) is 0. The third-order valence-electron chi connectivity index (χ3n) is 4.45. The Labute approximate surface area is 134 Å². The molecule has 124 valence electrons. The second kappa shape index (κ2) is 7.85. The van der Waals surface area contributed by atoms with Gasteiger partial charge < -0.3 is 15.7 Å². The van der Waals surface area contributed by atoms with Crippen molar-refractivity contribution in [3.8, 4) is 0 Å². The molecule has 1 heterocycles. The van der Waals surface area contributed by atoms with Crippen LogP contribution in [-0.4, -0.2) is 46.5 Å². The number of carboxylic acids is 1. The topological polar surface area (TPSA) is 95.5 Å². The predicted molar refractivity (Wildman–Crippen MR) is 84.7 cm³/mol. The molecular formula is C15H24N2O4S. The highest BCUT2D eigenvalue weighted by molar-refractivity contribution is 7.99. The Bertz CT molecular complexity index is 429. The van der Waals surface area contributed by atoms with Crippen molar-refractivity contribution in [2.75, 3.05) is 18.1 Å². The zero-order chi connectivity index (χ0) is 16.0. The lowest BCUT2D eigenvalue weighted by Gasteiger charge is -2.25. The van der Waals surface area contributed by atoms with E-state index >= 15 is 0 Å². The molecule has 6 nitrogen and oxygen atoms in total. The minimum absolute atomic E-state index is 0.118. The van der Waals surface area contributed by atoms with E-state index in [2.05, 4.69) is 10.6 Å². The number of carboxylic acid groups (broad SMARTS) is 1. The van der Waals surface area contributed by atoms with Gasteiger partial charge in [0.2, 0.25) is 11.8 Å². The molecule has 22 heavy (non-hydrogen) atoms. The lowest BCUT2D eigenvalue weighted by molar-refractivity contribution is -0.146. The molecule has 0 bridgehead atoms. The van der Waals surface area contributed by atoms with E-state index in [0.29, 0.717) is 24.5 Å². The quantitative estimate of drug-likeness (QED) is 0.680. The molecule has 2 rings (SSSR count). The number of hydrogen-bond acceptors (Lipinski definition) is 4. The van der Waals surface area contributed by atoms with Gasteiger partial charge in [0.05, 0.1) is 6.54 Å². The molecule has 2 amide bonds. The van der Waals surface area contributed by atoms with Gasteiger partial charge in [-0.3, -0.25) is 9.59 Å². The van der Waals surface area contributed by atoms with Crippen molar-refractivity contribution in [2.24, 2.45) is 5.92 Å². The number of rotatable bonds is 6. The van der Waals surface area contributed by atoms with E-state index in [1.54, 1.807) is 0 Å². The van der Waals surface area contributed by atoms with Gasteiger partial charge in [-0.2, -0.15) is 11.8 Å². The highest BCUT2D eigenvalue weighted by atomic mass is 32.2. The molecule has 0 aromatic carbocycles. The van der Waals surface area contributed by atoms with Crippen molar-refractivity contribution in [2.45, 2.75) is 50.5 Å².